The standard InChI is InChI=1S/C29H31N5O2.C28H28BrN5O2/c1-19-14-25-24(34-20(2)28(35)32-31-26(34)16-36-25)15-23(19)30-29(3)17-33(18-29)27(21-10-6-4-7-11-21)22-12-8-5-9-13-22;1-18-27(35)32-31-25-15-36-24-13-21(29)22(14-23(24)34(18)25)30-28(2)16-33(17-28)26(19-9-5-3-6-10-19)20-11-7-4-8-12-20/h4-15,20,27,30H,16-18H2,1-3H3,(H,32,35);3-14,18,26,30H,15-17H2,1-2H3,(H,32,35). The summed E-state index contributed by atoms with van der Waals surface area (Å²) < 4.78 is 12.8. The molecule has 368 valence electrons. The summed E-state index contributed by atoms with van der Waals surface area (Å²) in [4.78, 5) is 33.6. The largest absolute Gasteiger partial charge is 0.483 e. The van der Waals surface area contributed by atoms with Gasteiger partial charge in [-0.05, 0) is 103 Å². The normalized spacial score (nSPS) is 20.4. The van der Waals surface area contributed by atoms with Crippen LogP contribution in [0.5, 0.6) is 11.5 Å². The van der Waals surface area contributed by atoms with E-state index in [1.807, 2.05) is 29.7 Å². The van der Waals surface area contributed by atoms with Gasteiger partial charge in [0, 0.05) is 36.3 Å². The summed E-state index contributed by atoms with van der Waals surface area (Å²) in [5.41, 5.74) is 15.0. The van der Waals surface area contributed by atoms with E-state index in [0.717, 1.165) is 76.3 Å². The molecule has 0 aromatic heterocycles. The fourth-order valence-electron chi connectivity index (χ4n) is 11.1. The number of hydrogen-bond acceptors (Lipinski definition) is 12. The quantitative estimate of drug-likeness (QED) is 0.105. The molecule has 15 heteroatoms. The fourth-order valence-corrected chi connectivity index (χ4v) is 11.5. The number of carbonyl (C=O) groups excluding carboxylic acids is 2. The van der Waals surface area contributed by atoms with Gasteiger partial charge in [0.05, 0.1) is 40.2 Å². The lowest BCUT2D eigenvalue weighted by Crippen LogP contribution is -2.65. The smallest absolute Gasteiger partial charge is 0.262 e. The average Bonchev–Trinajstić information content (AvgIpc) is 3.37. The van der Waals surface area contributed by atoms with Gasteiger partial charge in [0.2, 0.25) is 0 Å². The van der Waals surface area contributed by atoms with Crippen molar-refractivity contribution in [3.8, 4) is 11.5 Å². The number of halogens is 1. The lowest BCUT2D eigenvalue weighted by molar-refractivity contribution is -0.123. The Labute approximate surface area is 429 Å². The maximum absolute atomic E-state index is 12.3. The summed E-state index contributed by atoms with van der Waals surface area (Å²) in [6.45, 7) is 14.6. The molecule has 6 aromatic carbocycles. The summed E-state index contributed by atoms with van der Waals surface area (Å²) in [5, 5.41) is 16.0. The van der Waals surface area contributed by atoms with E-state index in [0.29, 0.717) is 19.0 Å². The van der Waals surface area contributed by atoms with E-state index in [4.69, 9.17) is 9.47 Å². The molecule has 0 saturated carbocycles. The Kier molecular flexibility index (Phi) is 12.5. The van der Waals surface area contributed by atoms with Gasteiger partial charge in [-0.25, -0.2) is 10.9 Å². The van der Waals surface area contributed by atoms with Gasteiger partial charge in [-0.1, -0.05) is 121 Å². The molecule has 14 nitrogen and oxygen atoms in total. The van der Waals surface area contributed by atoms with Crippen LogP contribution in [0.1, 0.15) is 67.6 Å². The molecular weight excluding hydrogens is 969 g/mol. The third-order valence-electron chi connectivity index (χ3n) is 14.5. The summed E-state index contributed by atoms with van der Waals surface area (Å²) in [5.74, 6) is 2.71. The molecule has 2 atom stereocenters. The van der Waals surface area contributed by atoms with Crippen molar-refractivity contribution in [2.45, 2.75) is 69.9 Å². The summed E-state index contributed by atoms with van der Waals surface area (Å²) >= 11 is 3.73. The first-order valence-electron chi connectivity index (χ1n) is 24.6. The van der Waals surface area contributed by atoms with Crippen LogP contribution in [-0.2, 0) is 9.59 Å². The SMILES string of the molecule is CC1C(=O)NN=C2COc3cc(Br)c(NC4(C)CN(C(c5ccccc5)c5ccccc5)C4)cc3N21.Cc1cc2c(cc1NC1(C)CN(C(c3ccccc3)c3ccccc3)C1)N1C(=NNC(=O)C1C)CO2. The highest BCUT2D eigenvalue weighted by Gasteiger charge is 2.45. The van der Waals surface area contributed by atoms with Crippen molar-refractivity contribution in [1.29, 1.82) is 0 Å². The van der Waals surface area contributed by atoms with Gasteiger partial charge >= 0.3 is 0 Å². The number of hydrazone groups is 2. The van der Waals surface area contributed by atoms with E-state index in [1.54, 1.807) is 0 Å². The van der Waals surface area contributed by atoms with Crippen molar-refractivity contribution in [3.05, 3.63) is 178 Å². The van der Waals surface area contributed by atoms with E-state index >= 15 is 0 Å². The van der Waals surface area contributed by atoms with Crippen molar-refractivity contribution >= 4 is 62.2 Å². The first-order valence-corrected chi connectivity index (χ1v) is 25.4. The van der Waals surface area contributed by atoms with Crippen LogP contribution >= 0.6 is 15.9 Å². The molecule has 0 spiro atoms. The number of ether oxygens (including phenoxy) is 2. The molecule has 6 aliphatic rings. The van der Waals surface area contributed by atoms with E-state index in [9.17, 15) is 9.59 Å². The summed E-state index contributed by atoms with van der Waals surface area (Å²) in [7, 11) is 0. The zero-order valence-electron chi connectivity index (χ0n) is 41.1. The Morgan fingerprint density at radius 2 is 0.931 bits per heavy atom. The summed E-state index contributed by atoms with van der Waals surface area (Å²) in [6, 6.07) is 50.7. The molecule has 6 heterocycles. The van der Waals surface area contributed by atoms with Crippen molar-refractivity contribution in [2.75, 3.05) is 59.8 Å². The van der Waals surface area contributed by atoms with Crippen molar-refractivity contribution in [2.24, 2.45) is 10.2 Å². The Bertz CT molecular complexity index is 2770. The number of anilines is 4. The van der Waals surface area contributed by atoms with Crippen molar-refractivity contribution in [1.82, 2.24) is 20.7 Å². The number of nitrogens with one attached hydrogen (secondary N) is 4. The third-order valence-corrected chi connectivity index (χ3v) is 15.2. The van der Waals surface area contributed by atoms with Gasteiger partial charge < -0.3 is 29.9 Å². The Balaban J connectivity index is 0.000000156. The van der Waals surface area contributed by atoms with Crippen LogP contribution in [0.25, 0.3) is 0 Å². The number of hydrogen-bond donors (Lipinski definition) is 4. The van der Waals surface area contributed by atoms with Crippen LogP contribution in [-0.4, -0.2) is 95.8 Å². The fraction of sp³-hybridized carbons (Fsp3) is 0.298. The monoisotopic (exact) mass is 1030 g/mol. The molecule has 4 N–H and O–H groups in total. The lowest BCUT2D eigenvalue weighted by atomic mass is 9.85. The third kappa shape index (κ3) is 9.05. The van der Waals surface area contributed by atoms with Crippen LogP contribution in [0, 0.1) is 6.92 Å². The Morgan fingerprint density at radius 3 is 1.33 bits per heavy atom. The Morgan fingerprint density at radius 1 is 0.569 bits per heavy atom. The summed E-state index contributed by atoms with van der Waals surface area (Å²) in [6.07, 6.45) is 0. The highest BCUT2D eigenvalue weighted by Crippen LogP contribution is 2.45. The van der Waals surface area contributed by atoms with Gasteiger partial charge in [-0.15, -0.1) is 0 Å². The van der Waals surface area contributed by atoms with Crippen LogP contribution in [0.15, 0.2) is 160 Å². The average molecular weight is 1030 g/mol. The van der Waals surface area contributed by atoms with E-state index in [2.05, 4.69) is 218 Å². The molecule has 0 bridgehead atoms. The van der Waals surface area contributed by atoms with E-state index in [-0.39, 0.29) is 47.1 Å². The van der Waals surface area contributed by atoms with Crippen LogP contribution in [0.4, 0.5) is 22.7 Å². The highest BCUT2D eigenvalue weighted by atomic mass is 79.9. The second-order valence-electron chi connectivity index (χ2n) is 20.2. The number of nitrogens with zero attached hydrogens (tertiary/aromatic N) is 6. The molecular formula is C57H59BrN10O4. The van der Waals surface area contributed by atoms with Crippen molar-refractivity contribution < 1.29 is 19.1 Å². The minimum absolute atomic E-state index is 0.0852. The molecule has 6 aliphatic heterocycles. The van der Waals surface area contributed by atoms with Gasteiger partial charge in [0.1, 0.15) is 36.8 Å². The molecule has 72 heavy (non-hydrogen) atoms. The zero-order valence-corrected chi connectivity index (χ0v) is 42.7. The van der Waals surface area contributed by atoms with Gasteiger partial charge in [-0.2, -0.15) is 10.2 Å². The molecule has 2 amide bonds. The molecule has 12 rings (SSSR count). The first kappa shape index (κ1) is 47.1. The molecule has 2 fully saturated rings. The van der Waals surface area contributed by atoms with Crippen LogP contribution in [0.3, 0.4) is 0 Å². The molecule has 6 aromatic rings. The zero-order chi connectivity index (χ0) is 49.7. The van der Waals surface area contributed by atoms with Gasteiger partial charge in [-0.3, -0.25) is 19.4 Å². The number of rotatable bonds is 10. The van der Waals surface area contributed by atoms with E-state index < -0.39 is 0 Å². The number of amidine groups is 2. The second kappa shape index (κ2) is 19.1. The van der Waals surface area contributed by atoms with Crippen molar-refractivity contribution in [3.63, 3.8) is 0 Å². The maximum atomic E-state index is 12.3. The number of carbonyl (C=O) groups is 2. The second-order valence-corrected chi connectivity index (χ2v) is 21.1. The van der Waals surface area contributed by atoms with Crippen LogP contribution in [0.2, 0.25) is 0 Å². The topological polar surface area (TPSA) is 138 Å². The first-order chi connectivity index (χ1) is 34.8. The molecule has 0 radical (unpaired) electrons. The van der Waals surface area contributed by atoms with Gasteiger partial charge in [0.15, 0.2) is 11.7 Å². The molecule has 2 unspecified atom stereocenters. The van der Waals surface area contributed by atoms with Gasteiger partial charge in [0.25, 0.3) is 11.8 Å². The van der Waals surface area contributed by atoms with E-state index in [1.165, 1.54) is 22.3 Å². The number of likely N-dealkylation sites (tertiary alicyclic amines) is 2. The number of amides is 2. The molecule has 2 saturated heterocycles. The minimum atomic E-state index is -0.360. The predicted octanol–water partition coefficient (Wildman–Crippen LogP) is 9.06. The minimum Gasteiger partial charge on any atom is -0.483 e. The number of benzene rings is 6. The lowest BCUT2D eigenvalue weighted by Gasteiger charge is -2.52. The number of fused-ring (bicyclic) bond motifs is 6. The molecule has 0 aliphatic carbocycles. The maximum Gasteiger partial charge on any atom is 0.262 e. The van der Waals surface area contributed by atoms with Crippen LogP contribution < -0.4 is 40.8 Å². The predicted molar refractivity (Wildman–Crippen MR) is 288 cm³/mol. The number of aryl methyl sites for hydroxylation is 1. The highest BCUT2D eigenvalue weighted by molar-refractivity contribution is 9.10. The Hall–Kier alpha value is -7.20.